The number of hydrogen-bond donors (Lipinski definition) is 2. The molecule has 1 rings (SSSR count). The first-order valence-corrected chi connectivity index (χ1v) is 7.12. The molecule has 1 aromatic heterocycles. The van der Waals surface area contributed by atoms with Gasteiger partial charge in [0.25, 0.3) is 5.91 Å². The van der Waals surface area contributed by atoms with Crippen LogP contribution in [0, 0.1) is 5.92 Å². The number of rotatable bonds is 7. The summed E-state index contributed by atoms with van der Waals surface area (Å²) in [5.41, 5.74) is 0.395. The number of nitrogens with one attached hydrogen (secondary N) is 1. The summed E-state index contributed by atoms with van der Waals surface area (Å²) in [5, 5.41) is 12.2. The van der Waals surface area contributed by atoms with E-state index in [-0.39, 0.29) is 5.92 Å². The number of carboxylic acid groups (broad SMARTS) is 1. The number of amides is 1. The van der Waals surface area contributed by atoms with Crippen molar-refractivity contribution >= 4 is 23.5 Å². The Morgan fingerprint density at radius 1 is 1.45 bits per heavy atom. The summed E-state index contributed by atoms with van der Waals surface area (Å²) in [7, 11) is 0. The third kappa shape index (κ3) is 4.56. The SMILES string of the molecule is CCCn1cc(Cl)cc1C(=O)NC(CC(C)C)C(=O)O. The van der Waals surface area contributed by atoms with Crippen molar-refractivity contribution in [1.29, 1.82) is 0 Å². The molecule has 1 amide bonds. The molecule has 5 nitrogen and oxygen atoms in total. The topological polar surface area (TPSA) is 71.3 Å². The first-order valence-electron chi connectivity index (χ1n) is 6.74. The molecule has 0 saturated heterocycles. The molecule has 0 aliphatic rings. The maximum absolute atomic E-state index is 12.2. The van der Waals surface area contributed by atoms with Crippen molar-refractivity contribution in [3.8, 4) is 0 Å². The second kappa shape index (κ2) is 7.33. The van der Waals surface area contributed by atoms with Crippen molar-refractivity contribution in [3.63, 3.8) is 0 Å². The summed E-state index contributed by atoms with van der Waals surface area (Å²) in [6, 6.07) is 0.673. The van der Waals surface area contributed by atoms with E-state index in [1.54, 1.807) is 16.8 Å². The molecule has 6 heteroatoms. The number of carbonyl (C=O) groups excluding carboxylic acids is 1. The minimum atomic E-state index is -1.02. The summed E-state index contributed by atoms with van der Waals surface area (Å²) in [4.78, 5) is 23.4. The van der Waals surface area contributed by atoms with E-state index in [2.05, 4.69) is 5.32 Å². The lowest BCUT2D eigenvalue weighted by molar-refractivity contribution is -0.139. The zero-order valence-electron chi connectivity index (χ0n) is 12.0. The Kier molecular flexibility index (Phi) is 6.07. The fourth-order valence-electron chi connectivity index (χ4n) is 2.02. The van der Waals surface area contributed by atoms with E-state index in [9.17, 15) is 9.59 Å². The van der Waals surface area contributed by atoms with Crippen LogP contribution in [0.5, 0.6) is 0 Å². The first-order chi connectivity index (χ1) is 9.35. The number of aryl methyl sites for hydroxylation is 1. The molecule has 0 aliphatic carbocycles. The Hall–Kier alpha value is -1.49. The molecule has 0 fully saturated rings. The van der Waals surface area contributed by atoms with Gasteiger partial charge in [-0.25, -0.2) is 4.79 Å². The number of aliphatic carboxylic acids is 1. The minimum Gasteiger partial charge on any atom is -0.480 e. The van der Waals surface area contributed by atoms with Crippen LogP contribution in [0.2, 0.25) is 5.02 Å². The zero-order chi connectivity index (χ0) is 15.3. The number of hydrogen-bond acceptors (Lipinski definition) is 2. The van der Waals surface area contributed by atoms with Crippen LogP contribution in [0.3, 0.4) is 0 Å². The lowest BCUT2D eigenvalue weighted by Crippen LogP contribution is -2.42. The Balaban J connectivity index is 2.85. The fourth-order valence-corrected chi connectivity index (χ4v) is 2.24. The second-order valence-corrected chi connectivity index (χ2v) is 5.67. The van der Waals surface area contributed by atoms with E-state index in [4.69, 9.17) is 16.7 Å². The van der Waals surface area contributed by atoms with Gasteiger partial charge in [0.2, 0.25) is 0 Å². The quantitative estimate of drug-likeness (QED) is 0.813. The van der Waals surface area contributed by atoms with Crippen molar-refractivity contribution in [2.45, 2.75) is 46.2 Å². The predicted octanol–water partition coefficient (Wildman–Crippen LogP) is 2.78. The third-order valence-corrected chi connectivity index (χ3v) is 3.08. The van der Waals surface area contributed by atoms with E-state index < -0.39 is 17.9 Å². The molecule has 0 aliphatic heterocycles. The van der Waals surface area contributed by atoms with Crippen LogP contribution in [0.25, 0.3) is 0 Å². The van der Waals surface area contributed by atoms with Crippen LogP contribution < -0.4 is 5.32 Å². The van der Waals surface area contributed by atoms with Crippen LogP contribution in [0.15, 0.2) is 12.3 Å². The van der Waals surface area contributed by atoms with Gasteiger partial charge >= 0.3 is 5.97 Å². The van der Waals surface area contributed by atoms with Gasteiger partial charge in [0, 0.05) is 12.7 Å². The van der Waals surface area contributed by atoms with Crippen LogP contribution in [-0.4, -0.2) is 27.6 Å². The standard InChI is InChI=1S/C14H21ClN2O3/c1-4-5-17-8-10(15)7-12(17)13(18)16-11(14(19)20)6-9(2)3/h7-9,11H,4-6H2,1-3H3,(H,16,18)(H,19,20). The maximum Gasteiger partial charge on any atom is 0.326 e. The second-order valence-electron chi connectivity index (χ2n) is 5.23. The molecule has 1 unspecified atom stereocenters. The maximum atomic E-state index is 12.2. The highest BCUT2D eigenvalue weighted by Gasteiger charge is 2.23. The highest BCUT2D eigenvalue weighted by Crippen LogP contribution is 2.15. The summed E-state index contributed by atoms with van der Waals surface area (Å²) < 4.78 is 1.74. The molecule has 0 bridgehead atoms. The highest BCUT2D eigenvalue weighted by atomic mass is 35.5. The molecular formula is C14H21ClN2O3. The van der Waals surface area contributed by atoms with E-state index in [0.717, 1.165) is 6.42 Å². The molecule has 112 valence electrons. The fraction of sp³-hybridized carbons (Fsp3) is 0.571. The Bertz CT molecular complexity index is 483. The van der Waals surface area contributed by atoms with E-state index in [0.29, 0.717) is 23.7 Å². The Morgan fingerprint density at radius 3 is 2.60 bits per heavy atom. The summed E-state index contributed by atoms with van der Waals surface area (Å²) >= 11 is 5.91. The average molecular weight is 301 g/mol. The van der Waals surface area contributed by atoms with Gasteiger partial charge in [0.15, 0.2) is 0 Å². The van der Waals surface area contributed by atoms with Gasteiger partial charge in [-0.1, -0.05) is 32.4 Å². The van der Waals surface area contributed by atoms with Gasteiger partial charge in [-0.15, -0.1) is 0 Å². The van der Waals surface area contributed by atoms with Crippen LogP contribution >= 0.6 is 11.6 Å². The normalized spacial score (nSPS) is 12.4. The number of carboxylic acids is 1. The third-order valence-electron chi connectivity index (χ3n) is 2.87. The molecule has 1 aromatic rings. The van der Waals surface area contributed by atoms with Crippen LogP contribution in [-0.2, 0) is 11.3 Å². The predicted molar refractivity (Wildman–Crippen MR) is 78.1 cm³/mol. The summed E-state index contributed by atoms with van der Waals surface area (Å²) in [5.74, 6) is -1.24. The molecular weight excluding hydrogens is 280 g/mol. The number of aromatic nitrogens is 1. The largest absolute Gasteiger partial charge is 0.480 e. The Labute approximate surface area is 123 Å². The molecule has 1 heterocycles. The van der Waals surface area contributed by atoms with Crippen molar-refractivity contribution in [2.24, 2.45) is 5.92 Å². The van der Waals surface area contributed by atoms with E-state index in [1.807, 2.05) is 20.8 Å². The van der Waals surface area contributed by atoms with Gasteiger partial charge in [0.05, 0.1) is 5.02 Å². The molecule has 0 radical (unpaired) electrons. The average Bonchev–Trinajstić information content (AvgIpc) is 2.69. The lowest BCUT2D eigenvalue weighted by Gasteiger charge is -2.17. The molecule has 2 N–H and O–H groups in total. The summed E-state index contributed by atoms with van der Waals surface area (Å²) in [6.07, 6.45) is 2.93. The van der Waals surface area contributed by atoms with Gasteiger partial charge in [-0.3, -0.25) is 4.79 Å². The van der Waals surface area contributed by atoms with Gasteiger partial charge in [-0.2, -0.15) is 0 Å². The van der Waals surface area contributed by atoms with Gasteiger partial charge in [-0.05, 0) is 24.8 Å². The molecule has 1 atom stereocenters. The van der Waals surface area contributed by atoms with Crippen molar-refractivity contribution in [1.82, 2.24) is 9.88 Å². The molecule has 20 heavy (non-hydrogen) atoms. The monoisotopic (exact) mass is 300 g/mol. The number of halogens is 1. The minimum absolute atomic E-state index is 0.183. The Morgan fingerprint density at radius 2 is 2.10 bits per heavy atom. The van der Waals surface area contributed by atoms with Gasteiger partial charge < -0.3 is 15.0 Å². The zero-order valence-corrected chi connectivity index (χ0v) is 12.8. The van der Waals surface area contributed by atoms with Crippen molar-refractivity contribution in [3.05, 3.63) is 23.0 Å². The smallest absolute Gasteiger partial charge is 0.326 e. The van der Waals surface area contributed by atoms with E-state index >= 15 is 0 Å². The summed E-state index contributed by atoms with van der Waals surface area (Å²) in [6.45, 7) is 6.49. The van der Waals surface area contributed by atoms with E-state index in [1.165, 1.54) is 0 Å². The molecule has 0 aromatic carbocycles. The lowest BCUT2D eigenvalue weighted by atomic mass is 10.0. The van der Waals surface area contributed by atoms with Crippen LogP contribution in [0.4, 0.5) is 0 Å². The number of carbonyl (C=O) groups is 2. The van der Waals surface area contributed by atoms with Crippen LogP contribution in [0.1, 0.15) is 44.1 Å². The number of nitrogens with zero attached hydrogens (tertiary/aromatic N) is 1. The molecule has 0 spiro atoms. The highest BCUT2D eigenvalue weighted by molar-refractivity contribution is 6.31. The molecule has 0 saturated carbocycles. The van der Waals surface area contributed by atoms with Crippen molar-refractivity contribution in [2.75, 3.05) is 0 Å². The van der Waals surface area contributed by atoms with Crippen molar-refractivity contribution < 1.29 is 14.7 Å². The first kappa shape index (κ1) is 16.6. The van der Waals surface area contributed by atoms with Gasteiger partial charge in [0.1, 0.15) is 11.7 Å².